The fraction of sp³-hybridized carbons (Fsp3) is 0.538. The molecule has 0 heterocycles. The van der Waals surface area contributed by atoms with E-state index in [9.17, 15) is 8.42 Å². The van der Waals surface area contributed by atoms with Crippen LogP contribution in [0.15, 0.2) is 17.0 Å². The lowest BCUT2D eigenvalue weighted by Crippen LogP contribution is -2.28. The Morgan fingerprint density at radius 3 is 2.55 bits per heavy atom. The van der Waals surface area contributed by atoms with Gasteiger partial charge in [0.05, 0.1) is 5.02 Å². The van der Waals surface area contributed by atoms with Crippen molar-refractivity contribution in [1.29, 1.82) is 0 Å². The van der Waals surface area contributed by atoms with Gasteiger partial charge in [-0.05, 0) is 30.0 Å². The van der Waals surface area contributed by atoms with Crippen LogP contribution in [0.1, 0.15) is 31.2 Å². The van der Waals surface area contributed by atoms with Crippen LogP contribution in [-0.2, 0) is 16.6 Å². The first-order chi connectivity index (χ1) is 9.44. The maximum atomic E-state index is 12.3. The molecule has 4 nitrogen and oxygen atoms in total. The van der Waals surface area contributed by atoms with E-state index in [0.717, 1.165) is 6.42 Å². The highest BCUT2D eigenvalue weighted by Gasteiger charge is 2.22. The number of nitrogens with one attached hydrogen (secondary N) is 1. The van der Waals surface area contributed by atoms with Crippen molar-refractivity contribution < 1.29 is 8.42 Å². The number of nitrogens with two attached hydrogens (primary N) is 1. The quantitative estimate of drug-likeness (QED) is 0.838. The van der Waals surface area contributed by atoms with Crippen molar-refractivity contribution in [2.45, 2.75) is 37.1 Å². The fourth-order valence-electron chi connectivity index (χ4n) is 2.22. The molecule has 1 aromatic rings. The molecule has 0 spiro atoms. The van der Waals surface area contributed by atoms with Gasteiger partial charge in [-0.1, -0.05) is 42.5 Å². The molecule has 1 aliphatic rings. The van der Waals surface area contributed by atoms with E-state index in [1.165, 1.54) is 25.3 Å². The molecule has 0 saturated heterocycles. The summed E-state index contributed by atoms with van der Waals surface area (Å²) in [5, 5.41) is 0.460. The van der Waals surface area contributed by atoms with Gasteiger partial charge in [0, 0.05) is 18.1 Å². The van der Waals surface area contributed by atoms with Crippen molar-refractivity contribution in [1.82, 2.24) is 4.72 Å². The van der Waals surface area contributed by atoms with Crippen molar-refractivity contribution in [2.24, 2.45) is 11.7 Å². The Bertz CT molecular complexity index is 586. The topological polar surface area (TPSA) is 72.2 Å². The molecule has 1 saturated carbocycles. The summed E-state index contributed by atoms with van der Waals surface area (Å²) in [7, 11) is -3.65. The molecule has 2 rings (SSSR count). The number of sulfonamides is 1. The monoisotopic (exact) mass is 336 g/mol. The van der Waals surface area contributed by atoms with Crippen LogP contribution < -0.4 is 10.5 Å². The summed E-state index contributed by atoms with van der Waals surface area (Å²) >= 11 is 12.0. The number of halogens is 2. The summed E-state index contributed by atoms with van der Waals surface area (Å²) in [6, 6.07) is 2.94. The van der Waals surface area contributed by atoms with Crippen molar-refractivity contribution in [2.75, 3.05) is 6.54 Å². The van der Waals surface area contributed by atoms with Gasteiger partial charge >= 0.3 is 0 Å². The Morgan fingerprint density at radius 1 is 1.30 bits per heavy atom. The molecule has 1 fully saturated rings. The van der Waals surface area contributed by atoms with Crippen LogP contribution >= 0.6 is 23.2 Å². The molecule has 3 N–H and O–H groups in total. The van der Waals surface area contributed by atoms with Gasteiger partial charge in [-0.25, -0.2) is 13.1 Å². The zero-order valence-corrected chi connectivity index (χ0v) is 13.4. The lowest BCUT2D eigenvalue weighted by molar-refractivity contribution is 0.297. The third-order valence-corrected chi connectivity index (χ3v) is 5.92. The second-order valence-electron chi connectivity index (χ2n) is 5.06. The van der Waals surface area contributed by atoms with E-state index < -0.39 is 10.0 Å². The number of hydrogen-bond acceptors (Lipinski definition) is 3. The van der Waals surface area contributed by atoms with Gasteiger partial charge in [-0.15, -0.1) is 0 Å². The van der Waals surface area contributed by atoms with Gasteiger partial charge in [0.15, 0.2) is 0 Å². The van der Waals surface area contributed by atoms with Gasteiger partial charge in [0.2, 0.25) is 10.0 Å². The minimum Gasteiger partial charge on any atom is -0.326 e. The number of rotatable bonds is 6. The first-order valence-electron chi connectivity index (χ1n) is 6.61. The molecular formula is C13H18Cl2N2O2S. The highest BCUT2D eigenvalue weighted by atomic mass is 35.5. The Kier molecular flexibility index (Phi) is 5.31. The van der Waals surface area contributed by atoms with Gasteiger partial charge in [0.1, 0.15) is 4.90 Å². The fourth-order valence-corrected chi connectivity index (χ4v) is 4.21. The predicted octanol–water partition coefficient (Wildman–Crippen LogP) is 2.92. The van der Waals surface area contributed by atoms with E-state index in [1.54, 1.807) is 6.07 Å². The highest BCUT2D eigenvalue weighted by molar-refractivity contribution is 7.89. The van der Waals surface area contributed by atoms with Crippen LogP contribution in [0.5, 0.6) is 0 Å². The zero-order valence-electron chi connectivity index (χ0n) is 11.0. The van der Waals surface area contributed by atoms with E-state index in [-0.39, 0.29) is 16.5 Å². The lowest BCUT2D eigenvalue weighted by atomic mass is 9.83. The molecule has 0 unspecified atom stereocenters. The molecule has 0 amide bonds. The second-order valence-corrected chi connectivity index (χ2v) is 7.61. The van der Waals surface area contributed by atoms with E-state index in [0.29, 0.717) is 23.0 Å². The predicted molar refractivity (Wildman–Crippen MR) is 81.5 cm³/mol. The Hall–Kier alpha value is -0.330. The summed E-state index contributed by atoms with van der Waals surface area (Å²) in [6.45, 7) is 0.567. The molecular weight excluding hydrogens is 319 g/mol. The molecule has 0 aromatic heterocycles. The van der Waals surface area contributed by atoms with E-state index in [2.05, 4.69) is 4.72 Å². The third-order valence-electron chi connectivity index (χ3n) is 3.66. The van der Waals surface area contributed by atoms with E-state index in [1.807, 2.05) is 0 Å². The van der Waals surface area contributed by atoms with Crippen LogP contribution in [-0.4, -0.2) is 15.0 Å². The van der Waals surface area contributed by atoms with Crippen LogP contribution in [0.2, 0.25) is 10.0 Å². The summed E-state index contributed by atoms with van der Waals surface area (Å²) in [6.07, 6.45) is 4.49. The lowest BCUT2D eigenvalue weighted by Gasteiger charge is -2.25. The minimum absolute atomic E-state index is 0.000672. The molecule has 0 bridgehead atoms. The Balaban J connectivity index is 2.13. The van der Waals surface area contributed by atoms with Crippen molar-refractivity contribution >= 4 is 33.2 Å². The molecule has 7 heteroatoms. The van der Waals surface area contributed by atoms with Gasteiger partial charge in [-0.2, -0.15) is 0 Å². The van der Waals surface area contributed by atoms with Gasteiger partial charge in [-0.3, -0.25) is 0 Å². The number of benzene rings is 1. The normalized spacial score (nSPS) is 16.1. The first kappa shape index (κ1) is 16.0. The van der Waals surface area contributed by atoms with Gasteiger partial charge < -0.3 is 5.73 Å². The third kappa shape index (κ3) is 3.65. The zero-order chi connectivity index (χ0) is 14.8. The Morgan fingerprint density at radius 2 is 2.00 bits per heavy atom. The second kappa shape index (κ2) is 6.62. The molecule has 0 atom stereocenters. The van der Waals surface area contributed by atoms with Crippen LogP contribution in [0.3, 0.4) is 0 Å². The van der Waals surface area contributed by atoms with Gasteiger partial charge in [0.25, 0.3) is 0 Å². The summed E-state index contributed by atoms with van der Waals surface area (Å²) in [5.74, 6) is 0.645. The molecule has 0 radical (unpaired) electrons. The molecule has 1 aromatic carbocycles. The SMILES string of the molecule is NCc1cc(Cl)cc(S(=O)(=O)NCCC2CCC2)c1Cl. The largest absolute Gasteiger partial charge is 0.326 e. The molecule has 1 aliphatic carbocycles. The van der Waals surface area contributed by atoms with Crippen molar-refractivity contribution in [3.63, 3.8) is 0 Å². The summed E-state index contributed by atoms with van der Waals surface area (Å²) in [5.41, 5.74) is 6.07. The number of hydrogen-bond donors (Lipinski definition) is 2. The molecule has 0 aliphatic heterocycles. The molecule has 20 heavy (non-hydrogen) atoms. The Labute approximate surface area is 129 Å². The maximum Gasteiger partial charge on any atom is 0.242 e. The average molecular weight is 337 g/mol. The maximum absolute atomic E-state index is 12.3. The van der Waals surface area contributed by atoms with E-state index in [4.69, 9.17) is 28.9 Å². The smallest absolute Gasteiger partial charge is 0.242 e. The molecule has 112 valence electrons. The van der Waals surface area contributed by atoms with E-state index >= 15 is 0 Å². The first-order valence-corrected chi connectivity index (χ1v) is 8.85. The van der Waals surface area contributed by atoms with Crippen LogP contribution in [0.4, 0.5) is 0 Å². The highest BCUT2D eigenvalue weighted by Crippen LogP contribution is 2.30. The summed E-state index contributed by atoms with van der Waals surface area (Å²) < 4.78 is 27.1. The van der Waals surface area contributed by atoms with Crippen LogP contribution in [0.25, 0.3) is 0 Å². The van der Waals surface area contributed by atoms with Crippen molar-refractivity contribution in [3.8, 4) is 0 Å². The average Bonchev–Trinajstić information content (AvgIpc) is 2.34. The standard InChI is InChI=1S/C13H18Cl2N2O2S/c14-11-6-10(8-16)13(15)12(7-11)20(18,19)17-5-4-9-2-1-3-9/h6-7,9,17H,1-5,8,16H2. The summed E-state index contributed by atoms with van der Waals surface area (Å²) in [4.78, 5) is 0.000672. The van der Waals surface area contributed by atoms with Crippen molar-refractivity contribution in [3.05, 3.63) is 27.7 Å². The minimum atomic E-state index is -3.65. The van der Waals surface area contributed by atoms with Crippen LogP contribution in [0, 0.1) is 5.92 Å².